The van der Waals surface area contributed by atoms with E-state index in [0.717, 1.165) is 21.3 Å². The number of methoxy groups -OCH3 is 1. The van der Waals surface area contributed by atoms with E-state index in [1.54, 1.807) is 26.2 Å². The van der Waals surface area contributed by atoms with Crippen LogP contribution >= 0.6 is 27.5 Å². The lowest BCUT2D eigenvalue weighted by Gasteiger charge is -2.16. The third kappa shape index (κ3) is 5.07. The molecule has 0 aromatic heterocycles. The standard InChI is InChI=1S/C23H21BrClNO4/c1-14-17(23(27)28)7-5-9-20(14)26-12-15-10-18(24)22(21(11-15)29-2)30-13-16-6-3-4-8-19(16)25/h3-11,26H,12-13H2,1-2H3,(H,27,28). The number of rotatable bonds is 8. The van der Waals surface area contributed by atoms with Gasteiger partial charge in [0.1, 0.15) is 6.61 Å². The largest absolute Gasteiger partial charge is 0.493 e. The molecule has 2 N–H and O–H groups in total. The smallest absolute Gasteiger partial charge is 0.336 e. The Kier molecular flexibility index (Phi) is 7.24. The van der Waals surface area contributed by atoms with Crippen molar-refractivity contribution >= 4 is 39.2 Å². The molecule has 3 aromatic carbocycles. The van der Waals surface area contributed by atoms with Gasteiger partial charge in [-0.3, -0.25) is 0 Å². The molecule has 30 heavy (non-hydrogen) atoms. The molecule has 0 aliphatic carbocycles. The zero-order valence-corrected chi connectivity index (χ0v) is 18.9. The van der Waals surface area contributed by atoms with E-state index >= 15 is 0 Å². The lowest BCUT2D eigenvalue weighted by molar-refractivity contribution is 0.0696. The number of hydrogen-bond donors (Lipinski definition) is 2. The number of halogens is 2. The minimum Gasteiger partial charge on any atom is -0.493 e. The predicted molar refractivity (Wildman–Crippen MR) is 122 cm³/mol. The maximum absolute atomic E-state index is 11.3. The van der Waals surface area contributed by atoms with E-state index in [1.165, 1.54) is 0 Å². The summed E-state index contributed by atoms with van der Waals surface area (Å²) in [6.45, 7) is 2.59. The van der Waals surface area contributed by atoms with E-state index in [-0.39, 0.29) is 5.56 Å². The quantitative estimate of drug-likeness (QED) is 0.387. The predicted octanol–water partition coefficient (Wildman–Crippen LogP) is 6.31. The molecule has 0 bridgehead atoms. The van der Waals surface area contributed by atoms with Crippen LogP contribution in [0.2, 0.25) is 5.02 Å². The second kappa shape index (κ2) is 9.87. The van der Waals surface area contributed by atoms with Crippen LogP contribution in [0.3, 0.4) is 0 Å². The Hall–Kier alpha value is -2.70. The van der Waals surface area contributed by atoms with Gasteiger partial charge in [-0.2, -0.15) is 0 Å². The zero-order chi connectivity index (χ0) is 21.7. The summed E-state index contributed by atoms with van der Waals surface area (Å²) in [5.41, 5.74) is 3.57. The average Bonchev–Trinajstić information content (AvgIpc) is 2.72. The van der Waals surface area contributed by atoms with Crippen molar-refractivity contribution in [1.82, 2.24) is 0 Å². The normalized spacial score (nSPS) is 10.5. The Morgan fingerprint density at radius 1 is 1.17 bits per heavy atom. The third-order valence-corrected chi connectivity index (χ3v) is 5.62. The van der Waals surface area contributed by atoms with Gasteiger partial charge in [-0.1, -0.05) is 35.9 Å². The van der Waals surface area contributed by atoms with E-state index in [4.69, 9.17) is 21.1 Å². The van der Waals surface area contributed by atoms with Gasteiger partial charge in [-0.25, -0.2) is 4.79 Å². The first-order valence-corrected chi connectivity index (χ1v) is 10.4. The van der Waals surface area contributed by atoms with Crippen LogP contribution in [0, 0.1) is 6.92 Å². The minimum absolute atomic E-state index is 0.280. The summed E-state index contributed by atoms with van der Waals surface area (Å²) in [6, 6.07) is 16.5. The van der Waals surface area contributed by atoms with Crippen LogP contribution < -0.4 is 14.8 Å². The van der Waals surface area contributed by atoms with Gasteiger partial charge >= 0.3 is 5.97 Å². The lowest BCUT2D eigenvalue weighted by Crippen LogP contribution is -2.06. The van der Waals surface area contributed by atoms with E-state index in [1.807, 2.05) is 42.5 Å². The van der Waals surface area contributed by atoms with Crippen LogP contribution in [0.4, 0.5) is 5.69 Å². The van der Waals surface area contributed by atoms with Crippen LogP contribution in [0.15, 0.2) is 59.1 Å². The molecule has 3 aromatic rings. The first-order chi connectivity index (χ1) is 14.4. The molecule has 0 fully saturated rings. The highest BCUT2D eigenvalue weighted by Gasteiger charge is 2.14. The molecule has 0 aliphatic rings. The number of anilines is 1. The second-order valence-electron chi connectivity index (χ2n) is 6.63. The monoisotopic (exact) mass is 489 g/mol. The number of benzene rings is 3. The number of nitrogens with one attached hydrogen (secondary N) is 1. The molecule has 0 radical (unpaired) electrons. The average molecular weight is 491 g/mol. The third-order valence-electron chi connectivity index (χ3n) is 4.67. The van der Waals surface area contributed by atoms with Crippen LogP contribution in [0.25, 0.3) is 0 Å². The number of carboxylic acids is 1. The van der Waals surface area contributed by atoms with Crippen molar-refractivity contribution in [2.24, 2.45) is 0 Å². The van der Waals surface area contributed by atoms with Crippen molar-refractivity contribution in [1.29, 1.82) is 0 Å². The van der Waals surface area contributed by atoms with Crippen molar-refractivity contribution in [2.45, 2.75) is 20.1 Å². The molecule has 7 heteroatoms. The van der Waals surface area contributed by atoms with Gasteiger partial charge in [0.05, 0.1) is 17.1 Å². The molecule has 0 aliphatic heterocycles. The van der Waals surface area contributed by atoms with E-state index in [9.17, 15) is 9.90 Å². The Morgan fingerprint density at radius 2 is 1.93 bits per heavy atom. The van der Waals surface area contributed by atoms with Gasteiger partial charge in [0.2, 0.25) is 0 Å². The summed E-state index contributed by atoms with van der Waals surface area (Å²) in [5.74, 6) is 0.232. The zero-order valence-electron chi connectivity index (χ0n) is 16.5. The van der Waals surface area contributed by atoms with Crippen LogP contribution in [-0.2, 0) is 13.2 Å². The molecular weight excluding hydrogens is 470 g/mol. The van der Waals surface area contributed by atoms with Gasteiger partial charge in [0.25, 0.3) is 0 Å². The van der Waals surface area contributed by atoms with Gasteiger partial charge in [0, 0.05) is 22.8 Å². The van der Waals surface area contributed by atoms with Crippen molar-refractivity contribution in [3.63, 3.8) is 0 Å². The first-order valence-electron chi connectivity index (χ1n) is 9.20. The molecule has 0 atom stereocenters. The van der Waals surface area contributed by atoms with E-state index < -0.39 is 5.97 Å². The highest BCUT2D eigenvalue weighted by atomic mass is 79.9. The van der Waals surface area contributed by atoms with Gasteiger partial charge < -0.3 is 19.9 Å². The number of carboxylic acid groups (broad SMARTS) is 1. The Labute approximate surface area is 188 Å². The van der Waals surface area contributed by atoms with Crippen molar-refractivity contribution in [3.8, 4) is 11.5 Å². The molecule has 156 valence electrons. The topological polar surface area (TPSA) is 67.8 Å². The summed E-state index contributed by atoms with van der Waals surface area (Å²) in [6.07, 6.45) is 0. The summed E-state index contributed by atoms with van der Waals surface area (Å²) in [7, 11) is 1.59. The molecule has 0 heterocycles. The molecule has 0 spiro atoms. The Bertz CT molecular complexity index is 1070. The lowest BCUT2D eigenvalue weighted by atomic mass is 10.1. The van der Waals surface area contributed by atoms with Gasteiger partial charge in [0.15, 0.2) is 11.5 Å². The highest BCUT2D eigenvalue weighted by Crippen LogP contribution is 2.37. The highest BCUT2D eigenvalue weighted by molar-refractivity contribution is 9.10. The molecular formula is C23H21BrClNO4. The number of ether oxygens (including phenoxy) is 2. The van der Waals surface area contributed by atoms with Crippen LogP contribution in [0.5, 0.6) is 11.5 Å². The Morgan fingerprint density at radius 3 is 2.63 bits per heavy atom. The van der Waals surface area contributed by atoms with Crippen LogP contribution in [0.1, 0.15) is 27.0 Å². The van der Waals surface area contributed by atoms with Crippen LogP contribution in [-0.4, -0.2) is 18.2 Å². The minimum atomic E-state index is -0.944. The Balaban J connectivity index is 1.76. The van der Waals surface area contributed by atoms with E-state index in [0.29, 0.717) is 35.2 Å². The number of carbonyl (C=O) groups is 1. The first kappa shape index (κ1) is 22.0. The molecule has 5 nitrogen and oxygen atoms in total. The SMILES string of the molecule is COc1cc(CNc2cccc(C(=O)O)c2C)cc(Br)c1OCc1ccccc1Cl. The van der Waals surface area contributed by atoms with E-state index in [2.05, 4.69) is 21.2 Å². The van der Waals surface area contributed by atoms with Crippen molar-refractivity contribution in [2.75, 3.05) is 12.4 Å². The fourth-order valence-electron chi connectivity index (χ4n) is 3.04. The second-order valence-corrected chi connectivity index (χ2v) is 7.89. The van der Waals surface area contributed by atoms with Crippen molar-refractivity contribution in [3.05, 3.63) is 86.3 Å². The maximum Gasteiger partial charge on any atom is 0.336 e. The molecule has 0 saturated heterocycles. The number of hydrogen-bond acceptors (Lipinski definition) is 4. The molecule has 3 rings (SSSR count). The summed E-state index contributed by atoms with van der Waals surface area (Å²) >= 11 is 9.76. The molecule has 0 saturated carbocycles. The summed E-state index contributed by atoms with van der Waals surface area (Å²) in [5, 5.41) is 13.2. The summed E-state index contributed by atoms with van der Waals surface area (Å²) < 4.78 is 12.2. The fourth-order valence-corrected chi connectivity index (χ4v) is 3.83. The maximum atomic E-state index is 11.3. The fraction of sp³-hybridized carbons (Fsp3) is 0.174. The van der Waals surface area contributed by atoms with Gasteiger partial charge in [-0.05, 0) is 64.3 Å². The van der Waals surface area contributed by atoms with Crippen molar-refractivity contribution < 1.29 is 19.4 Å². The molecule has 0 unspecified atom stereocenters. The number of aromatic carboxylic acids is 1. The summed E-state index contributed by atoms with van der Waals surface area (Å²) in [4.78, 5) is 11.3. The molecule has 0 amide bonds. The van der Waals surface area contributed by atoms with Gasteiger partial charge in [-0.15, -0.1) is 0 Å².